The van der Waals surface area contributed by atoms with Gasteiger partial charge in [0.25, 0.3) is 0 Å². The molecule has 0 unspecified atom stereocenters. The maximum atomic E-state index is 9.06. The molecular formula is C6H4BrN3O. The van der Waals surface area contributed by atoms with Crippen LogP contribution in [0.15, 0.2) is 22.7 Å². The Morgan fingerprint density at radius 2 is 2.27 bits per heavy atom. The van der Waals surface area contributed by atoms with Gasteiger partial charge in [0.2, 0.25) is 0 Å². The normalized spacial score (nSPS) is 10.6. The van der Waals surface area contributed by atoms with E-state index in [9.17, 15) is 0 Å². The Hall–Kier alpha value is -1.10. The SMILES string of the molecule is On1nnc2ccc(Br)cc21. The molecule has 0 aliphatic heterocycles. The van der Waals surface area contributed by atoms with Crippen LogP contribution < -0.4 is 0 Å². The summed E-state index contributed by atoms with van der Waals surface area (Å²) in [6, 6.07) is 5.37. The molecule has 0 saturated heterocycles. The molecule has 5 heteroatoms. The minimum atomic E-state index is 0.597. The van der Waals surface area contributed by atoms with Crippen molar-refractivity contribution in [3.8, 4) is 0 Å². The lowest BCUT2D eigenvalue weighted by molar-refractivity contribution is 0.154. The van der Waals surface area contributed by atoms with Gasteiger partial charge in [-0.05, 0) is 23.4 Å². The summed E-state index contributed by atoms with van der Waals surface area (Å²) in [5.41, 5.74) is 1.27. The highest BCUT2D eigenvalue weighted by atomic mass is 79.9. The van der Waals surface area contributed by atoms with Crippen molar-refractivity contribution in [3.63, 3.8) is 0 Å². The summed E-state index contributed by atoms with van der Waals surface area (Å²) in [5.74, 6) is 0. The number of hydrogen-bond donors (Lipinski definition) is 1. The fourth-order valence-electron chi connectivity index (χ4n) is 0.880. The Labute approximate surface area is 70.5 Å². The van der Waals surface area contributed by atoms with Crippen molar-refractivity contribution >= 4 is 27.0 Å². The summed E-state index contributed by atoms with van der Waals surface area (Å²) in [4.78, 5) is 0.750. The minimum absolute atomic E-state index is 0.597. The van der Waals surface area contributed by atoms with Crippen molar-refractivity contribution in [2.45, 2.75) is 0 Å². The van der Waals surface area contributed by atoms with Crippen LogP contribution in [-0.4, -0.2) is 20.4 Å². The van der Waals surface area contributed by atoms with E-state index in [1.807, 2.05) is 6.07 Å². The third-order valence-electron chi connectivity index (χ3n) is 1.39. The number of nitrogens with zero attached hydrogens (tertiary/aromatic N) is 3. The van der Waals surface area contributed by atoms with Gasteiger partial charge >= 0.3 is 0 Å². The van der Waals surface area contributed by atoms with Gasteiger partial charge in [-0.3, -0.25) is 0 Å². The molecule has 0 spiro atoms. The second kappa shape index (κ2) is 2.20. The molecule has 0 atom stereocenters. The molecule has 2 aromatic rings. The van der Waals surface area contributed by atoms with Crippen LogP contribution >= 0.6 is 15.9 Å². The predicted octanol–water partition coefficient (Wildman–Crippen LogP) is 1.43. The number of benzene rings is 1. The fourth-order valence-corrected chi connectivity index (χ4v) is 1.23. The van der Waals surface area contributed by atoms with Crippen LogP contribution in [0, 0.1) is 0 Å². The van der Waals surface area contributed by atoms with Gasteiger partial charge < -0.3 is 5.21 Å². The second-order valence-corrected chi connectivity index (χ2v) is 3.03. The molecule has 2 rings (SSSR count). The van der Waals surface area contributed by atoms with E-state index in [4.69, 9.17) is 5.21 Å². The van der Waals surface area contributed by atoms with Crippen LogP contribution in [0.2, 0.25) is 0 Å². The lowest BCUT2D eigenvalue weighted by Crippen LogP contribution is -1.90. The van der Waals surface area contributed by atoms with Crippen LogP contribution in [0.3, 0.4) is 0 Å². The van der Waals surface area contributed by atoms with Gasteiger partial charge in [0, 0.05) is 4.47 Å². The zero-order chi connectivity index (χ0) is 7.84. The van der Waals surface area contributed by atoms with Gasteiger partial charge in [-0.25, -0.2) is 0 Å². The van der Waals surface area contributed by atoms with Crippen molar-refractivity contribution in [1.82, 2.24) is 15.2 Å². The van der Waals surface area contributed by atoms with Gasteiger partial charge in [-0.1, -0.05) is 20.8 Å². The third-order valence-corrected chi connectivity index (χ3v) is 1.88. The summed E-state index contributed by atoms with van der Waals surface area (Å²) in [5, 5.41) is 16.2. The highest BCUT2D eigenvalue weighted by Crippen LogP contribution is 2.16. The Morgan fingerprint density at radius 3 is 3.09 bits per heavy atom. The Morgan fingerprint density at radius 1 is 1.45 bits per heavy atom. The highest BCUT2D eigenvalue weighted by molar-refractivity contribution is 9.10. The van der Waals surface area contributed by atoms with E-state index < -0.39 is 0 Å². The van der Waals surface area contributed by atoms with Crippen molar-refractivity contribution < 1.29 is 5.21 Å². The van der Waals surface area contributed by atoms with E-state index in [1.165, 1.54) is 0 Å². The maximum Gasteiger partial charge on any atom is 0.131 e. The first-order valence-corrected chi connectivity index (χ1v) is 3.77. The Kier molecular flexibility index (Phi) is 1.32. The first-order valence-electron chi connectivity index (χ1n) is 2.97. The fraction of sp³-hybridized carbons (Fsp3) is 0. The van der Waals surface area contributed by atoms with E-state index in [1.54, 1.807) is 12.1 Å². The van der Waals surface area contributed by atoms with Gasteiger partial charge in [0.05, 0.1) is 0 Å². The molecule has 1 aromatic carbocycles. The Balaban J connectivity index is 2.87. The van der Waals surface area contributed by atoms with Gasteiger partial charge in [-0.15, -0.1) is 5.10 Å². The van der Waals surface area contributed by atoms with E-state index in [-0.39, 0.29) is 0 Å². The summed E-state index contributed by atoms with van der Waals surface area (Å²) < 4.78 is 0.891. The van der Waals surface area contributed by atoms with E-state index in [0.29, 0.717) is 11.0 Å². The van der Waals surface area contributed by atoms with Crippen LogP contribution in [-0.2, 0) is 0 Å². The van der Waals surface area contributed by atoms with Crippen molar-refractivity contribution in [2.75, 3.05) is 0 Å². The number of aromatic nitrogens is 3. The van der Waals surface area contributed by atoms with Gasteiger partial charge in [-0.2, -0.15) is 0 Å². The summed E-state index contributed by atoms with van der Waals surface area (Å²) in [6.45, 7) is 0. The number of halogens is 1. The van der Waals surface area contributed by atoms with Gasteiger partial charge in [0.15, 0.2) is 0 Å². The highest BCUT2D eigenvalue weighted by Gasteiger charge is 2.01. The first kappa shape index (κ1) is 6.60. The third kappa shape index (κ3) is 0.970. The molecule has 4 nitrogen and oxygen atoms in total. The zero-order valence-corrected chi connectivity index (χ0v) is 6.98. The molecule has 0 fully saturated rings. The largest absolute Gasteiger partial charge is 0.410 e. The van der Waals surface area contributed by atoms with E-state index in [0.717, 1.165) is 9.32 Å². The monoisotopic (exact) mass is 213 g/mol. The smallest absolute Gasteiger partial charge is 0.131 e. The van der Waals surface area contributed by atoms with Crippen molar-refractivity contribution in [1.29, 1.82) is 0 Å². The van der Waals surface area contributed by atoms with E-state index >= 15 is 0 Å². The Bertz CT molecular complexity index is 398. The van der Waals surface area contributed by atoms with Crippen molar-refractivity contribution in [3.05, 3.63) is 22.7 Å². The van der Waals surface area contributed by atoms with Crippen LogP contribution in [0.1, 0.15) is 0 Å². The molecule has 0 aliphatic carbocycles. The molecule has 0 saturated carbocycles. The molecule has 1 heterocycles. The molecule has 0 amide bonds. The number of fused-ring (bicyclic) bond motifs is 1. The molecule has 1 N–H and O–H groups in total. The van der Waals surface area contributed by atoms with Crippen molar-refractivity contribution in [2.24, 2.45) is 0 Å². The molecule has 11 heavy (non-hydrogen) atoms. The van der Waals surface area contributed by atoms with Crippen LogP contribution in [0.5, 0.6) is 0 Å². The molecule has 0 radical (unpaired) electrons. The summed E-state index contributed by atoms with van der Waals surface area (Å²) in [7, 11) is 0. The zero-order valence-electron chi connectivity index (χ0n) is 5.40. The average molecular weight is 214 g/mol. The molecular weight excluding hydrogens is 210 g/mol. The summed E-state index contributed by atoms with van der Waals surface area (Å²) >= 11 is 3.27. The molecule has 0 bridgehead atoms. The quantitative estimate of drug-likeness (QED) is 0.675. The minimum Gasteiger partial charge on any atom is -0.410 e. The standard InChI is InChI=1S/C6H4BrN3O/c7-4-1-2-5-6(3-4)10(11)9-8-5/h1-3,11H. The van der Waals surface area contributed by atoms with Crippen LogP contribution in [0.4, 0.5) is 0 Å². The lowest BCUT2D eigenvalue weighted by Gasteiger charge is -1.90. The molecule has 1 aromatic heterocycles. The first-order chi connectivity index (χ1) is 5.27. The summed E-state index contributed by atoms with van der Waals surface area (Å²) in [6.07, 6.45) is 0. The second-order valence-electron chi connectivity index (χ2n) is 2.11. The predicted molar refractivity (Wildman–Crippen MR) is 42.4 cm³/mol. The topological polar surface area (TPSA) is 50.9 Å². The average Bonchev–Trinajstić information content (AvgIpc) is 2.33. The van der Waals surface area contributed by atoms with Crippen LogP contribution in [0.25, 0.3) is 11.0 Å². The number of hydrogen-bond acceptors (Lipinski definition) is 3. The lowest BCUT2D eigenvalue weighted by atomic mass is 10.3. The molecule has 0 aliphatic rings. The van der Waals surface area contributed by atoms with E-state index in [2.05, 4.69) is 26.2 Å². The van der Waals surface area contributed by atoms with Gasteiger partial charge in [0.1, 0.15) is 11.0 Å². The number of rotatable bonds is 0. The molecule has 56 valence electrons. The maximum absolute atomic E-state index is 9.06.